The molecule has 1 aliphatic rings. The Bertz CT molecular complexity index is 678. The molecule has 0 bridgehead atoms. The van der Waals surface area contributed by atoms with Crippen molar-refractivity contribution >= 4 is 11.6 Å². The summed E-state index contributed by atoms with van der Waals surface area (Å²) in [5.41, 5.74) is 4.33. The molecule has 1 saturated heterocycles. The number of nitrogens with one attached hydrogen (secondary N) is 1. The SMILES string of the molecule is Cc1nn(C)c(Cl)c1CN[C@H]1CCO[C@@H]1c1cnn(C)c1C. The molecule has 0 aliphatic carbocycles. The maximum absolute atomic E-state index is 6.30. The van der Waals surface area contributed by atoms with Gasteiger partial charge in [0.2, 0.25) is 0 Å². The van der Waals surface area contributed by atoms with Gasteiger partial charge in [-0.3, -0.25) is 9.36 Å². The minimum Gasteiger partial charge on any atom is -0.372 e. The topological polar surface area (TPSA) is 56.9 Å². The van der Waals surface area contributed by atoms with Crippen LogP contribution in [0.15, 0.2) is 6.20 Å². The predicted molar refractivity (Wildman–Crippen MR) is 84.8 cm³/mol. The van der Waals surface area contributed by atoms with Crippen molar-refractivity contribution in [3.63, 3.8) is 0 Å². The van der Waals surface area contributed by atoms with Crippen molar-refractivity contribution in [2.24, 2.45) is 14.1 Å². The van der Waals surface area contributed by atoms with Gasteiger partial charge in [0, 0.05) is 50.1 Å². The van der Waals surface area contributed by atoms with E-state index in [1.165, 1.54) is 0 Å². The van der Waals surface area contributed by atoms with Gasteiger partial charge in [-0.2, -0.15) is 10.2 Å². The molecular formula is C15H22ClN5O. The number of hydrogen-bond donors (Lipinski definition) is 1. The van der Waals surface area contributed by atoms with Crippen molar-refractivity contribution in [2.75, 3.05) is 6.61 Å². The van der Waals surface area contributed by atoms with Crippen LogP contribution in [0.4, 0.5) is 0 Å². The molecule has 0 saturated carbocycles. The van der Waals surface area contributed by atoms with E-state index in [1.807, 2.05) is 31.9 Å². The first-order valence-corrected chi connectivity index (χ1v) is 7.88. The zero-order chi connectivity index (χ0) is 15.9. The fourth-order valence-electron chi connectivity index (χ4n) is 3.01. The van der Waals surface area contributed by atoms with Crippen molar-refractivity contribution in [3.8, 4) is 0 Å². The highest BCUT2D eigenvalue weighted by molar-refractivity contribution is 6.30. The molecule has 0 unspecified atom stereocenters. The number of rotatable bonds is 4. The first kappa shape index (κ1) is 15.5. The summed E-state index contributed by atoms with van der Waals surface area (Å²) in [7, 11) is 3.81. The molecule has 3 rings (SSSR count). The Morgan fingerprint density at radius 3 is 2.73 bits per heavy atom. The molecule has 1 aliphatic heterocycles. The lowest BCUT2D eigenvalue weighted by molar-refractivity contribution is 0.0979. The van der Waals surface area contributed by atoms with Crippen LogP contribution in [0.2, 0.25) is 5.15 Å². The molecule has 3 heterocycles. The fraction of sp³-hybridized carbons (Fsp3) is 0.600. The molecule has 120 valence electrons. The summed E-state index contributed by atoms with van der Waals surface area (Å²) in [6.45, 7) is 5.51. The van der Waals surface area contributed by atoms with Crippen LogP contribution in [0.1, 0.15) is 35.0 Å². The fourth-order valence-corrected chi connectivity index (χ4v) is 3.25. The molecule has 1 fully saturated rings. The molecule has 6 nitrogen and oxygen atoms in total. The Morgan fingerprint density at radius 2 is 2.14 bits per heavy atom. The van der Waals surface area contributed by atoms with Gasteiger partial charge in [0.15, 0.2) is 0 Å². The van der Waals surface area contributed by atoms with Crippen molar-refractivity contribution in [2.45, 2.75) is 39.0 Å². The van der Waals surface area contributed by atoms with E-state index in [0.29, 0.717) is 11.7 Å². The van der Waals surface area contributed by atoms with Crippen LogP contribution in [0, 0.1) is 13.8 Å². The lowest BCUT2D eigenvalue weighted by Gasteiger charge is -2.20. The Labute approximate surface area is 135 Å². The highest BCUT2D eigenvalue weighted by Gasteiger charge is 2.32. The van der Waals surface area contributed by atoms with Gasteiger partial charge >= 0.3 is 0 Å². The first-order valence-electron chi connectivity index (χ1n) is 7.50. The molecule has 1 N–H and O–H groups in total. The third kappa shape index (κ3) is 2.66. The smallest absolute Gasteiger partial charge is 0.131 e. The summed E-state index contributed by atoms with van der Waals surface area (Å²) in [5.74, 6) is 0. The first-order chi connectivity index (χ1) is 10.5. The van der Waals surface area contributed by atoms with Crippen LogP contribution in [0.25, 0.3) is 0 Å². The van der Waals surface area contributed by atoms with E-state index in [2.05, 4.69) is 22.4 Å². The number of nitrogens with zero attached hydrogens (tertiary/aromatic N) is 4. The average Bonchev–Trinajstić information content (AvgIpc) is 3.12. The molecule has 0 radical (unpaired) electrons. The van der Waals surface area contributed by atoms with Gasteiger partial charge < -0.3 is 10.1 Å². The van der Waals surface area contributed by atoms with Crippen molar-refractivity contribution in [1.29, 1.82) is 0 Å². The van der Waals surface area contributed by atoms with E-state index in [1.54, 1.807) is 4.68 Å². The van der Waals surface area contributed by atoms with Crippen LogP contribution in [-0.2, 0) is 25.4 Å². The Morgan fingerprint density at radius 1 is 1.36 bits per heavy atom. The van der Waals surface area contributed by atoms with Crippen molar-refractivity contribution in [1.82, 2.24) is 24.9 Å². The number of aryl methyl sites for hydroxylation is 3. The molecule has 2 aromatic heterocycles. The zero-order valence-corrected chi connectivity index (χ0v) is 14.2. The molecule has 2 aromatic rings. The van der Waals surface area contributed by atoms with Gasteiger partial charge in [0.05, 0.1) is 11.9 Å². The highest BCUT2D eigenvalue weighted by atomic mass is 35.5. The minimum atomic E-state index is 0.0458. The zero-order valence-electron chi connectivity index (χ0n) is 13.4. The summed E-state index contributed by atoms with van der Waals surface area (Å²) in [5, 5.41) is 12.9. The Hall–Kier alpha value is -1.37. The van der Waals surface area contributed by atoms with Gasteiger partial charge in [-0.25, -0.2) is 0 Å². The molecule has 7 heteroatoms. The standard InChI is InChI=1S/C15H22ClN5O/c1-9-11(15(16)21(4)19-9)7-17-13-5-6-22-14(13)12-8-18-20(3)10(12)2/h8,13-14,17H,5-7H2,1-4H3/t13-,14+/m0/s1. The van der Waals surface area contributed by atoms with E-state index >= 15 is 0 Å². The Kier molecular flexibility index (Phi) is 4.25. The lowest BCUT2D eigenvalue weighted by atomic mass is 10.0. The summed E-state index contributed by atoms with van der Waals surface area (Å²) < 4.78 is 9.53. The van der Waals surface area contributed by atoms with E-state index < -0.39 is 0 Å². The second-order valence-electron chi connectivity index (χ2n) is 5.85. The molecule has 0 aromatic carbocycles. The van der Waals surface area contributed by atoms with Crippen LogP contribution in [-0.4, -0.2) is 32.2 Å². The van der Waals surface area contributed by atoms with Crippen LogP contribution in [0.5, 0.6) is 0 Å². The summed E-state index contributed by atoms with van der Waals surface area (Å²) in [6, 6.07) is 0.263. The van der Waals surface area contributed by atoms with E-state index in [0.717, 1.165) is 35.5 Å². The molecule has 2 atom stereocenters. The molecule has 0 spiro atoms. The number of halogens is 1. The van der Waals surface area contributed by atoms with Gasteiger partial charge in [0.25, 0.3) is 0 Å². The van der Waals surface area contributed by atoms with Crippen molar-refractivity contribution in [3.05, 3.63) is 33.9 Å². The summed E-state index contributed by atoms with van der Waals surface area (Å²) in [4.78, 5) is 0. The highest BCUT2D eigenvalue weighted by Crippen LogP contribution is 2.31. The quantitative estimate of drug-likeness (QED) is 0.935. The lowest BCUT2D eigenvalue weighted by Crippen LogP contribution is -2.31. The van der Waals surface area contributed by atoms with E-state index in [9.17, 15) is 0 Å². The number of hydrogen-bond acceptors (Lipinski definition) is 4. The maximum atomic E-state index is 6.30. The second-order valence-corrected chi connectivity index (χ2v) is 6.21. The third-order valence-electron chi connectivity index (χ3n) is 4.48. The molecule has 0 amide bonds. The largest absolute Gasteiger partial charge is 0.372 e. The average molecular weight is 324 g/mol. The number of ether oxygens (including phenoxy) is 1. The summed E-state index contributed by atoms with van der Waals surface area (Å²) in [6.07, 6.45) is 2.93. The van der Waals surface area contributed by atoms with Crippen LogP contribution >= 0.6 is 11.6 Å². The third-order valence-corrected chi connectivity index (χ3v) is 4.96. The molecular weight excluding hydrogens is 302 g/mol. The predicted octanol–water partition coefficient (Wildman–Crippen LogP) is 2.04. The van der Waals surface area contributed by atoms with Gasteiger partial charge in [0.1, 0.15) is 11.3 Å². The second kappa shape index (κ2) is 6.02. The minimum absolute atomic E-state index is 0.0458. The van der Waals surface area contributed by atoms with Gasteiger partial charge in [-0.05, 0) is 20.3 Å². The number of aromatic nitrogens is 4. The normalized spacial score (nSPS) is 21.7. The maximum Gasteiger partial charge on any atom is 0.131 e. The van der Waals surface area contributed by atoms with E-state index in [-0.39, 0.29) is 12.1 Å². The van der Waals surface area contributed by atoms with Crippen molar-refractivity contribution < 1.29 is 4.74 Å². The summed E-state index contributed by atoms with van der Waals surface area (Å²) >= 11 is 6.30. The Balaban J connectivity index is 1.73. The van der Waals surface area contributed by atoms with Gasteiger partial charge in [-0.1, -0.05) is 11.6 Å². The molecule has 22 heavy (non-hydrogen) atoms. The van der Waals surface area contributed by atoms with E-state index in [4.69, 9.17) is 16.3 Å². The van der Waals surface area contributed by atoms with Crippen LogP contribution < -0.4 is 5.32 Å². The monoisotopic (exact) mass is 323 g/mol. The van der Waals surface area contributed by atoms with Crippen LogP contribution in [0.3, 0.4) is 0 Å². The van der Waals surface area contributed by atoms with Gasteiger partial charge in [-0.15, -0.1) is 0 Å².